The van der Waals surface area contributed by atoms with Gasteiger partial charge in [0.05, 0.1) is 11.3 Å². The molecule has 4 rings (SSSR count). The van der Waals surface area contributed by atoms with Gasteiger partial charge < -0.3 is 4.98 Å². The Labute approximate surface area is 147 Å². The van der Waals surface area contributed by atoms with Gasteiger partial charge in [0, 0.05) is 21.8 Å². The van der Waals surface area contributed by atoms with Crippen LogP contribution in [0.1, 0.15) is 15.2 Å². The molecule has 0 aliphatic carbocycles. The molecule has 0 saturated carbocycles. The van der Waals surface area contributed by atoms with Crippen LogP contribution < -0.4 is 10.9 Å². The van der Waals surface area contributed by atoms with Gasteiger partial charge in [0.2, 0.25) is 5.91 Å². The second kappa shape index (κ2) is 6.41. The number of fused-ring (bicyclic) bond motifs is 2. The van der Waals surface area contributed by atoms with Gasteiger partial charge in [-0.1, -0.05) is 36.4 Å². The van der Waals surface area contributed by atoms with E-state index in [1.165, 1.54) is 11.3 Å². The molecule has 6 heteroatoms. The predicted molar refractivity (Wildman–Crippen MR) is 99.4 cm³/mol. The minimum absolute atomic E-state index is 0.191. The van der Waals surface area contributed by atoms with E-state index in [4.69, 9.17) is 0 Å². The fraction of sp³-hybridized carbons (Fsp3) is 0.0526. The lowest BCUT2D eigenvalue weighted by Gasteiger charge is -2.05. The van der Waals surface area contributed by atoms with Crippen LogP contribution in [0.25, 0.3) is 21.0 Å². The van der Waals surface area contributed by atoms with Crippen LogP contribution in [0.2, 0.25) is 0 Å². The number of carbonyl (C=O) groups excluding carboxylic acids is 2. The summed E-state index contributed by atoms with van der Waals surface area (Å²) in [4.78, 5) is 28.0. The van der Waals surface area contributed by atoms with E-state index in [1.807, 2.05) is 60.8 Å². The number of rotatable bonds is 3. The van der Waals surface area contributed by atoms with Gasteiger partial charge in [0.1, 0.15) is 0 Å². The Balaban J connectivity index is 1.40. The highest BCUT2D eigenvalue weighted by Crippen LogP contribution is 2.25. The van der Waals surface area contributed by atoms with Crippen molar-refractivity contribution in [3.8, 4) is 0 Å². The van der Waals surface area contributed by atoms with E-state index in [0.29, 0.717) is 4.88 Å². The Morgan fingerprint density at radius 3 is 2.68 bits per heavy atom. The lowest BCUT2D eigenvalue weighted by atomic mass is 10.1. The lowest BCUT2D eigenvalue weighted by molar-refractivity contribution is -0.121. The molecule has 2 aromatic heterocycles. The van der Waals surface area contributed by atoms with Crippen molar-refractivity contribution in [3.05, 3.63) is 71.2 Å². The summed E-state index contributed by atoms with van der Waals surface area (Å²) in [5.41, 5.74) is 6.84. The Hall–Kier alpha value is -3.12. The summed E-state index contributed by atoms with van der Waals surface area (Å²) >= 11 is 1.40. The third kappa shape index (κ3) is 3.12. The number of aromatic nitrogens is 1. The molecule has 2 amide bonds. The van der Waals surface area contributed by atoms with Crippen LogP contribution in [-0.4, -0.2) is 16.8 Å². The Morgan fingerprint density at radius 2 is 1.80 bits per heavy atom. The zero-order valence-corrected chi connectivity index (χ0v) is 14.0. The normalized spacial score (nSPS) is 10.9. The average Bonchev–Trinajstić information content (AvgIpc) is 3.24. The first kappa shape index (κ1) is 15.4. The molecule has 0 saturated heterocycles. The molecule has 5 nitrogen and oxygen atoms in total. The molecule has 2 heterocycles. The standard InChI is InChI=1S/C19H15N3O2S/c23-18(10-13-11-20-15-7-3-2-6-14(13)15)21-22-19(24)17-9-12-5-1-4-8-16(12)25-17/h1-9,11,20H,10H2,(H,21,23)(H,22,24). The summed E-state index contributed by atoms with van der Waals surface area (Å²) < 4.78 is 1.04. The highest BCUT2D eigenvalue weighted by Gasteiger charge is 2.12. The van der Waals surface area contributed by atoms with Crippen molar-refractivity contribution in [3.63, 3.8) is 0 Å². The second-order valence-corrected chi connectivity index (χ2v) is 6.77. The van der Waals surface area contributed by atoms with Gasteiger partial charge in [-0.05, 0) is 29.1 Å². The van der Waals surface area contributed by atoms with Crippen LogP contribution in [0, 0.1) is 0 Å². The SMILES string of the molecule is O=C(Cc1c[nH]c2ccccc12)NNC(=O)c1cc2ccccc2s1. The number of thiophene rings is 1. The number of amides is 2. The Bertz CT molecular complexity index is 1050. The van der Waals surface area contributed by atoms with E-state index in [9.17, 15) is 9.59 Å². The molecule has 0 atom stereocenters. The number of hydrazine groups is 1. The van der Waals surface area contributed by atoms with E-state index >= 15 is 0 Å². The summed E-state index contributed by atoms with van der Waals surface area (Å²) in [6.45, 7) is 0. The summed E-state index contributed by atoms with van der Waals surface area (Å²) in [6.07, 6.45) is 2.01. The summed E-state index contributed by atoms with van der Waals surface area (Å²) in [7, 11) is 0. The number of carbonyl (C=O) groups is 2. The predicted octanol–water partition coefficient (Wildman–Crippen LogP) is 3.39. The van der Waals surface area contributed by atoms with Crippen LogP contribution >= 0.6 is 11.3 Å². The molecule has 0 fully saturated rings. The van der Waals surface area contributed by atoms with Crippen molar-refractivity contribution in [2.24, 2.45) is 0 Å². The molecule has 0 bridgehead atoms. The maximum Gasteiger partial charge on any atom is 0.279 e. The topological polar surface area (TPSA) is 74.0 Å². The quantitative estimate of drug-likeness (QED) is 0.496. The smallest absolute Gasteiger partial charge is 0.279 e. The summed E-state index contributed by atoms with van der Waals surface area (Å²) in [5.74, 6) is -0.576. The molecule has 2 aromatic carbocycles. The van der Waals surface area contributed by atoms with Crippen molar-refractivity contribution in [2.45, 2.75) is 6.42 Å². The van der Waals surface area contributed by atoms with Crippen molar-refractivity contribution in [1.82, 2.24) is 15.8 Å². The maximum atomic E-state index is 12.2. The Morgan fingerprint density at radius 1 is 1.00 bits per heavy atom. The second-order valence-electron chi connectivity index (χ2n) is 5.69. The third-order valence-corrected chi connectivity index (χ3v) is 5.11. The molecular formula is C19H15N3O2S. The van der Waals surface area contributed by atoms with Crippen LogP contribution in [0.5, 0.6) is 0 Å². The number of H-pyrrole nitrogens is 1. The number of hydrogen-bond donors (Lipinski definition) is 3. The molecule has 0 aliphatic rings. The highest BCUT2D eigenvalue weighted by atomic mass is 32.1. The minimum atomic E-state index is -0.312. The van der Waals surface area contributed by atoms with Gasteiger partial charge in [-0.3, -0.25) is 20.4 Å². The van der Waals surface area contributed by atoms with E-state index < -0.39 is 0 Å². The molecule has 0 unspecified atom stereocenters. The summed E-state index contributed by atoms with van der Waals surface area (Å²) in [5, 5.41) is 2.02. The van der Waals surface area contributed by atoms with Crippen molar-refractivity contribution in [1.29, 1.82) is 0 Å². The van der Waals surface area contributed by atoms with E-state index in [2.05, 4.69) is 15.8 Å². The molecule has 3 N–H and O–H groups in total. The molecular weight excluding hydrogens is 334 g/mol. The first-order valence-electron chi connectivity index (χ1n) is 7.83. The van der Waals surface area contributed by atoms with Gasteiger partial charge in [0.15, 0.2) is 0 Å². The highest BCUT2D eigenvalue weighted by molar-refractivity contribution is 7.20. The largest absolute Gasteiger partial charge is 0.361 e. The van der Waals surface area contributed by atoms with Crippen LogP contribution in [0.15, 0.2) is 60.8 Å². The molecule has 4 aromatic rings. The van der Waals surface area contributed by atoms with Gasteiger partial charge in [-0.15, -0.1) is 11.3 Å². The maximum absolute atomic E-state index is 12.2. The van der Waals surface area contributed by atoms with Crippen LogP contribution in [0.4, 0.5) is 0 Å². The van der Waals surface area contributed by atoms with Crippen LogP contribution in [0.3, 0.4) is 0 Å². The van der Waals surface area contributed by atoms with E-state index in [1.54, 1.807) is 0 Å². The number of benzene rings is 2. The van der Waals surface area contributed by atoms with Gasteiger partial charge in [-0.25, -0.2) is 0 Å². The van der Waals surface area contributed by atoms with Gasteiger partial charge in [0.25, 0.3) is 5.91 Å². The zero-order chi connectivity index (χ0) is 17.2. The molecule has 0 aliphatic heterocycles. The number of aromatic amines is 1. The number of hydrogen-bond acceptors (Lipinski definition) is 3. The number of para-hydroxylation sites is 1. The average molecular weight is 349 g/mol. The Kier molecular flexibility index (Phi) is 3.95. The van der Waals surface area contributed by atoms with Crippen molar-refractivity contribution < 1.29 is 9.59 Å². The van der Waals surface area contributed by atoms with E-state index in [-0.39, 0.29) is 18.2 Å². The first-order chi connectivity index (χ1) is 12.2. The fourth-order valence-corrected chi connectivity index (χ4v) is 3.73. The zero-order valence-electron chi connectivity index (χ0n) is 13.2. The minimum Gasteiger partial charge on any atom is -0.361 e. The molecule has 124 valence electrons. The third-order valence-electron chi connectivity index (χ3n) is 3.99. The van der Waals surface area contributed by atoms with Crippen molar-refractivity contribution in [2.75, 3.05) is 0 Å². The molecule has 25 heavy (non-hydrogen) atoms. The first-order valence-corrected chi connectivity index (χ1v) is 8.65. The van der Waals surface area contributed by atoms with Crippen molar-refractivity contribution >= 4 is 44.1 Å². The van der Waals surface area contributed by atoms with Gasteiger partial charge >= 0.3 is 0 Å². The van der Waals surface area contributed by atoms with E-state index in [0.717, 1.165) is 26.6 Å². The fourth-order valence-electron chi connectivity index (χ4n) is 2.78. The monoisotopic (exact) mass is 349 g/mol. The summed E-state index contributed by atoms with van der Waals surface area (Å²) in [6, 6.07) is 17.4. The van der Waals surface area contributed by atoms with Gasteiger partial charge in [-0.2, -0.15) is 0 Å². The molecule has 0 radical (unpaired) electrons. The molecule has 0 spiro atoms. The van der Waals surface area contributed by atoms with Crippen LogP contribution in [-0.2, 0) is 11.2 Å². The lowest BCUT2D eigenvalue weighted by Crippen LogP contribution is -2.42. The number of nitrogens with one attached hydrogen (secondary N) is 3.